The van der Waals surface area contributed by atoms with Gasteiger partial charge in [0, 0.05) is 36.3 Å². The van der Waals surface area contributed by atoms with Crippen molar-refractivity contribution >= 4 is 33.3 Å². The summed E-state index contributed by atoms with van der Waals surface area (Å²) in [6.45, 7) is 4.77. The van der Waals surface area contributed by atoms with Crippen LogP contribution in [0.25, 0.3) is 10.9 Å². The van der Waals surface area contributed by atoms with E-state index in [-0.39, 0.29) is 5.91 Å². The number of aromatic nitrogens is 3. The first kappa shape index (κ1) is 18.0. The number of benzene rings is 2. The maximum absolute atomic E-state index is 12.8. The molecule has 4 aromatic rings. The molecule has 1 aliphatic rings. The summed E-state index contributed by atoms with van der Waals surface area (Å²) >= 11 is 1.56. The fourth-order valence-corrected chi connectivity index (χ4v) is 4.78. The van der Waals surface area contributed by atoms with E-state index in [1.807, 2.05) is 31.2 Å². The highest BCUT2D eigenvalue weighted by Crippen LogP contribution is 2.29. The lowest BCUT2D eigenvalue weighted by atomic mass is 10.1. The third-order valence-corrected chi connectivity index (χ3v) is 6.21. The molecule has 6 nitrogen and oxygen atoms in total. The van der Waals surface area contributed by atoms with E-state index >= 15 is 0 Å². The number of fused-ring (bicyclic) bond motifs is 2. The molecule has 146 valence electrons. The summed E-state index contributed by atoms with van der Waals surface area (Å²) in [4.78, 5) is 21.1. The summed E-state index contributed by atoms with van der Waals surface area (Å²) in [5.41, 5.74) is 4.77. The van der Waals surface area contributed by atoms with Crippen LogP contribution in [0, 0.1) is 6.92 Å². The molecule has 0 saturated heterocycles. The minimum atomic E-state index is -0.228. The van der Waals surface area contributed by atoms with Crippen molar-refractivity contribution in [2.75, 3.05) is 11.9 Å². The van der Waals surface area contributed by atoms with E-state index in [2.05, 4.69) is 49.7 Å². The average molecular weight is 404 g/mol. The van der Waals surface area contributed by atoms with Gasteiger partial charge in [0.2, 0.25) is 0 Å². The Balaban J connectivity index is 1.31. The predicted octanol–water partition coefficient (Wildman–Crippen LogP) is 4.14. The molecular formula is C22H21N5OS. The van der Waals surface area contributed by atoms with Crippen molar-refractivity contribution in [2.45, 2.75) is 26.4 Å². The zero-order valence-electron chi connectivity index (χ0n) is 16.1. The fourth-order valence-electron chi connectivity index (χ4n) is 3.74. The first-order valence-corrected chi connectivity index (χ1v) is 10.5. The summed E-state index contributed by atoms with van der Waals surface area (Å²) in [5, 5.41) is 11.6. The molecule has 0 unspecified atom stereocenters. The van der Waals surface area contributed by atoms with Crippen LogP contribution in [-0.4, -0.2) is 32.5 Å². The topological polar surface area (TPSA) is 73.9 Å². The van der Waals surface area contributed by atoms with Gasteiger partial charge in [-0.3, -0.25) is 20.1 Å². The minimum absolute atomic E-state index is 0.228. The van der Waals surface area contributed by atoms with Crippen LogP contribution >= 0.6 is 11.3 Å². The predicted molar refractivity (Wildman–Crippen MR) is 115 cm³/mol. The van der Waals surface area contributed by atoms with E-state index in [1.54, 1.807) is 11.3 Å². The highest BCUT2D eigenvalue weighted by molar-refractivity contribution is 7.15. The van der Waals surface area contributed by atoms with Crippen molar-refractivity contribution in [3.05, 3.63) is 75.9 Å². The number of aryl methyl sites for hydroxylation is 1. The highest BCUT2D eigenvalue weighted by Gasteiger charge is 2.22. The van der Waals surface area contributed by atoms with Crippen molar-refractivity contribution in [1.82, 2.24) is 20.1 Å². The number of H-pyrrole nitrogens is 1. The summed E-state index contributed by atoms with van der Waals surface area (Å²) in [7, 11) is 0. The monoisotopic (exact) mass is 403 g/mol. The summed E-state index contributed by atoms with van der Waals surface area (Å²) < 4.78 is 0. The van der Waals surface area contributed by atoms with Crippen LogP contribution in [0.15, 0.2) is 48.5 Å². The van der Waals surface area contributed by atoms with Crippen LogP contribution in [-0.2, 0) is 19.5 Å². The Bertz CT molecular complexity index is 1180. The zero-order valence-corrected chi connectivity index (χ0v) is 16.9. The molecule has 5 rings (SSSR count). The lowest BCUT2D eigenvalue weighted by Gasteiger charge is -2.25. The van der Waals surface area contributed by atoms with Gasteiger partial charge < -0.3 is 0 Å². The molecule has 1 aliphatic heterocycles. The number of carbonyl (C=O) groups is 1. The second-order valence-electron chi connectivity index (χ2n) is 7.41. The summed E-state index contributed by atoms with van der Waals surface area (Å²) in [6.07, 6.45) is 0.902. The molecule has 7 heteroatoms. The van der Waals surface area contributed by atoms with Gasteiger partial charge in [0.25, 0.3) is 5.91 Å². The van der Waals surface area contributed by atoms with Gasteiger partial charge in [-0.15, -0.1) is 11.3 Å². The van der Waals surface area contributed by atoms with E-state index in [1.165, 1.54) is 10.4 Å². The molecule has 0 atom stereocenters. The smallest absolute Gasteiger partial charge is 0.278 e. The molecule has 3 heterocycles. The third kappa shape index (κ3) is 3.66. The lowest BCUT2D eigenvalue weighted by molar-refractivity contribution is 0.102. The van der Waals surface area contributed by atoms with Crippen molar-refractivity contribution < 1.29 is 4.79 Å². The molecule has 0 aliphatic carbocycles. The maximum atomic E-state index is 12.8. The number of anilines is 1. The van der Waals surface area contributed by atoms with E-state index in [0.717, 1.165) is 48.2 Å². The number of amides is 1. The van der Waals surface area contributed by atoms with Crippen molar-refractivity contribution in [1.29, 1.82) is 0 Å². The van der Waals surface area contributed by atoms with Gasteiger partial charge in [0.05, 0.1) is 11.2 Å². The first-order chi connectivity index (χ1) is 14.2. The minimum Gasteiger partial charge on any atom is -0.296 e. The van der Waals surface area contributed by atoms with E-state index in [9.17, 15) is 4.79 Å². The van der Waals surface area contributed by atoms with Gasteiger partial charge in [-0.05, 0) is 24.6 Å². The van der Waals surface area contributed by atoms with Crippen molar-refractivity contribution in [3.8, 4) is 0 Å². The first-order valence-electron chi connectivity index (χ1n) is 9.66. The Labute approximate surface area is 172 Å². The number of rotatable bonds is 4. The molecule has 0 spiro atoms. The molecule has 0 bridgehead atoms. The standard InChI is InChI=1S/C22H21N5OS/c1-14-7-8-17-16(11-14)20(26-25-17)21(28)24-22-23-18-9-10-27(13-19(18)29-22)12-15-5-3-2-4-6-15/h2-8,11H,9-10,12-13H2,1H3,(H,25,26)(H,23,24,28). The Morgan fingerprint density at radius 1 is 1.24 bits per heavy atom. The lowest BCUT2D eigenvalue weighted by Crippen LogP contribution is -2.29. The summed E-state index contributed by atoms with van der Waals surface area (Å²) in [6, 6.07) is 16.4. The SMILES string of the molecule is Cc1ccc2[nH]nc(C(=O)Nc3nc4c(s3)CN(Cc3ccccc3)CC4)c2c1. The Kier molecular flexibility index (Phi) is 4.61. The Morgan fingerprint density at radius 3 is 2.97 bits per heavy atom. The van der Waals surface area contributed by atoms with E-state index in [4.69, 9.17) is 0 Å². The second kappa shape index (κ2) is 7.42. The molecule has 0 fully saturated rings. The average Bonchev–Trinajstić information content (AvgIpc) is 3.31. The number of nitrogens with zero attached hydrogens (tertiary/aromatic N) is 3. The molecule has 2 aromatic carbocycles. The molecule has 2 aromatic heterocycles. The Hall–Kier alpha value is -3.03. The summed E-state index contributed by atoms with van der Waals surface area (Å²) in [5.74, 6) is -0.228. The van der Waals surface area contributed by atoms with Crippen molar-refractivity contribution in [2.24, 2.45) is 0 Å². The fraction of sp³-hybridized carbons (Fsp3) is 0.227. The number of thiazole rings is 1. The van der Waals surface area contributed by atoms with E-state index < -0.39 is 0 Å². The molecule has 29 heavy (non-hydrogen) atoms. The van der Waals surface area contributed by atoms with Gasteiger partial charge in [0.1, 0.15) is 0 Å². The van der Waals surface area contributed by atoms with Gasteiger partial charge in [-0.25, -0.2) is 4.98 Å². The van der Waals surface area contributed by atoms with Gasteiger partial charge in [0.15, 0.2) is 10.8 Å². The maximum Gasteiger partial charge on any atom is 0.278 e. The molecule has 2 N–H and O–H groups in total. The van der Waals surface area contributed by atoms with Gasteiger partial charge in [-0.1, -0.05) is 42.0 Å². The zero-order chi connectivity index (χ0) is 19.8. The van der Waals surface area contributed by atoms with Crippen molar-refractivity contribution in [3.63, 3.8) is 0 Å². The largest absolute Gasteiger partial charge is 0.296 e. The van der Waals surface area contributed by atoms with Gasteiger partial charge >= 0.3 is 0 Å². The Morgan fingerprint density at radius 2 is 2.10 bits per heavy atom. The molecular weight excluding hydrogens is 382 g/mol. The van der Waals surface area contributed by atoms with Crippen LogP contribution < -0.4 is 5.32 Å². The van der Waals surface area contributed by atoms with Crippen LogP contribution in [0.3, 0.4) is 0 Å². The van der Waals surface area contributed by atoms with Crippen LogP contribution in [0.4, 0.5) is 5.13 Å². The quantitative estimate of drug-likeness (QED) is 0.537. The molecule has 1 amide bonds. The molecule has 0 radical (unpaired) electrons. The van der Waals surface area contributed by atoms with Crippen LogP contribution in [0.5, 0.6) is 0 Å². The number of carbonyl (C=O) groups excluding carboxylic acids is 1. The van der Waals surface area contributed by atoms with Crippen LogP contribution in [0.1, 0.15) is 32.2 Å². The third-order valence-electron chi connectivity index (χ3n) is 5.21. The normalized spacial score (nSPS) is 14.1. The highest BCUT2D eigenvalue weighted by atomic mass is 32.1. The number of aromatic amines is 1. The van der Waals surface area contributed by atoms with Crippen LogP contribution in [0.2, 0.25) is 0 Å². The van der Waals surface area contributed by atoms with E-state index in [0.29, 0.717) is 10.8 Å². The molecule has 0 saturated carbocycles. The number of hydrogen-bond donors (Lipinski definition) is 2. The number of hydrogen-bond acceptors (Lipinski definition) is 5. The second-order valence-corrected chi connectivity index (χ2v) is 8.49. The number of nitrogens with one attached hydrogen (secondary N) is 2. The van der Waals surface area contributed by atoms with Gasteiger partial charge in [-0.2, -0.15) is 5.10 Å².